The van der Waals surface area contributed by atoms with Crippen LogP contribution in [0.1, 0.15) is 5.82 Å². The number of ether oxygens (including phenoxy) is 1. The lowest BCUT2D eigenvalue weighted by atomic mass is 10.3. The van der Waals surface area contributed by atoms with Crippen LogP contribution in [0, 0.1) is 12.7 Å². The van der Waals surface area contributed by atoms with E-state index in [0.717, 1.165) is 0 Å². The smallest absolute Gasteiger partial charge is 0.265 e. The van der Waals surface area contributed by atoms with Crippen LogP contribution >= 0.6 is 15.9 Å². The molecule has 0 radical (unpaired) electrons. The molecule has 1 aromatic carbocycles. The second-order valence-electron chi connectivity index (χ2n) is 4.08. The summed E-state index contributed by atoms with van der Waals surface area (Å²) in [6.07, 6.45) is 3.26. The summed E-state index contributed by atoms with van der Waals surface area (Å²) in [4.78, 5) is 4.07. The Bertz CT molecular complexity index is 804. The number of benzene rings is 1. The molecule has 2 N–H and O–H groups in total. The minimum absolute atomic E-state index is 0.173. The summed E-state index contributed by atoms with van der Waals surface area (Å²) in [6, 6.07) is 2.62. The molecule has 6 nitrogen and oxygen atoms in total. The van der Waals surface area contributed by atoms with Gasteiger partial charge >= 0.3 is 0 Å². The number of halogens is 2. The lowest BCUT2D eigenvalue weighted by Gasteiger charge is -2.09. The number of hydrogen-bond acceptors (Lipinski definition) is 5. The summed E-state index contributed by atoms with van der Waals surface area (Å²) in [5.74, 6) is 0.606. The number of nitrogens with two attached hydrogens (primary N) is 1. The van der Waals surface area contributed by atoms with Gasteiger partial charge in [-0.05, 0) is 28.9 Å². The first-order valence-electron chi connectivity index (χ1n) is 5.65. The Morgan fingerprint density at radius 1 is 1.35 bits per heavy atom. The average molecular weight is 338 g/mol. The van der Waals surface area contributed by atoms with E-state index in [4.69, 9.17) is 10.5 Å². The zero-order valence-electron chi connectivity index (χ0n) is 10.3. The van der Waals surface area contributed by atoms with Gasteiger partial charge in [0.05, 0.1) is 10.2 Å². The van der Waals surface area contributed by atoms with Crippen molar-refractivity contribution in [3.63, 3.8) is 0 Å². The zero-order valence-corrected chi connectivity index (χ0v) is 11.9. The Morgan fingerprint density at radius 2 is 2.15 bits per heavy atom. The van der Waals surface area contributed by atoms with Crippen molar-refractivity contribution < 1.29 is 9.13 Å². The molecule has 0 bridgehead atoms. The molecule has 0 spiro atoms. The Kier molecular flexibility index (Phi) is 3.01. The normalized spacial score (nSPS) is 10.9. The van der Waals surface area contributed by atoms with Gasteiger partial charge in [-0.3, -0.25) is 4.40 Å². The van der Waals surface area contributed by atoms with Gasteiger partial charge in [0.15, 0.2) is 5.75 Å². The molecule has 0 unspecified atom stereocenters. The van der Waals surface area contributed by atoms with E-state index in [0.29, 0.717) is 17.2 Å². The van der Waals surface area contributed by atoms with E-state index in [-0.39, 0.29) is 16.1 Å². The number of anilines is 1. The average Bonchev–Trinajstić information content (AvgIpc) is 2.79. The maximum absolute atomic E-state index is 13.5. The van der Waals surface area contributed by atoms with Crippen LogP contribution in [-0.2, 0) is 0 Å². The molecule has 0 saturated carbocycles. The maximum atomic E-state index is 13.5. The van der Waals surface area contributed by atoms with Crippen molar-refractivity contribution in [2.75, 3.05) is 5.73 Å². The number of rotatable bonds is 2. The number of fused-ring (bicyclic) bond motifs is 1. The fourth-order valence-electron chi connectivity index (χ4n) is 1.73. The molecule has 2 heterocycles. The second-order valence-corrected chi connectivity index (χ2v) is 4.93. The van der Waals surface area contributed by atoms with Crippen molar-refractivity contribution in [2.24, 2.45) is 0 Å². The van der Waals surface area contributed by atoms with E-state index >= 15 is 0 Å². The number of nitrogens with zero attached hydrogens (tertiary/aromatic N) is 4. The monoisotopic (exact) mass is 337 g/mol. The SMILES string of the molecule is Cc1nnc2c(Oc3cc(F)c(Br)cc3N)nccn12. The van der Waals surface area contributed by atoms with Gasteiger partial charge in [-0.2, -0.15) is 0 Å². The van der Waals surface area contributed by atoms with Crippen molar-refractivity contribution in [1.29, 1.82) is 0 Å². The van der Waals surface area contributed by atoms with Crippen LogP contribution in [0.5, 0.6) is 11.6 Å². The maximum Gasteiger partial charge on any atom is 0.265 e. The van der Waals surface area contributed by atoms with E-state index < -0.39 is 5.82 Å². The molecule has 0 aliphatic heterocycles. The van der Waals surface area contributed by atoms with Crippen LogP contribution < -0.4 is 10.5 Å². The second kappa shape index (κ2) is 4.71. The van der Waals surface area contributed by atoms with Crippen molar-refractivity contribution in [3.8, 4) is 11.6 Å². The molecule has 0 saturated heterocycles. The quantitative estimate of drug-likeness (QED) is 0.727. The zero-order chi connectivity index (χ0) is 14.3. The molecule has 8 heteroatoms. The summed E-state index contributed by atoms with van der Waals surface area (Å²) in [5, 5.41) is 7.90. The molecule has 0 aliphatic carbocycles. The molecule has 0 aliphatic rings. The molecule has 102 valence electrons. The Balaban J connectivity index is 2.08. The standard InChI is InChI=1S/C12H9BrFN5O/c1-6-17-18-11-12(16-2-3-19(6)11)20-10-5-8(14)7(13)4-9(10)15/h2-5H,15H2,1H3. The molecule has 2 aromatic heterocycles. The third kappa shape index (κ3) is 2.07. The van der Waals surface area contributed by atoms with Crippen LogP contribution in [-0.4, -0.2) is 19.6 Å². The lowest BCUT2D eigenvalue weighted by Crippen LogP contribution is -1.98. The number of aryl methyl sites for hydroxylation is 1. The van der Waals surface area contributed by atoms with Crippen LogP contribution in [0.3, 0.4) is 0 Å². The predicted octanol–water partition coefficient (Wildman–Crippen LogP) is 2.71. The summed E-state index contributed by atoms with van der Waals surface area (Å²) in [5.41, 5.74) is 6.52. The largest absolute Gasteiger partial charge is 0.434 e. The topological polar surface area (TPSA) is 78.3 Å². The van der Waals surface area contributed by atoms with Gasteiger partial charge in [-0.1, -0.05) is 0 Å². The number of hydrogen-bond donors (Lipinski definition) is 1. The highest BCUT2D eigenvalue weighted by Crippen LogP contribution is 2.32. The van der Waals surface area contributed by atoms with Gasteiger partial charge < -0.3 is 10.5 Å². The first-order chi connectivity index (χ1) is 9.56. The van der Waals surface area contributed by atoms with E-state index in [1.165, 1.54) is 12.1 Å². The third-order valence-electron chi connectivity index (χ3n) is 2.72. The molecule has 3 rings (SSSR count). The molecular formula is C12H9BrFN5O. The van der Waals surface area contributed by atoms with Gasteiger partial charge in [0, 0.05) is 18.5 Å². The van der Waals surface area contributed by atoms with E-state index in [9.17, 15) is 4.39 Å². The summed E-state index contributed by atoms with van der Waals surface area (Å²) < 4.78 is 21.1. The molecule has 20 heavy (non-hydrogen) atoms. The third-order valence-corrected chi connectivity index (χ3v) is 3.33. The van der Waals surface area contributed by atoms with Crippen molar-refractivity contribution in [2.45, 2.75) is 6.92 Å². The van der Waals surface area contributed by atoms with E-state index in [1.807, 2.05) is 0 Å². The van der Waals surface area contributed by atoms with Gasteiger partial charge in [0.2, 0.25) is 5.65 Å². The van der Waals surface area contributed by atoms with E-state index in [2.05, 4.69) is 31.1 Å². The fraction of sp³-hybridized carbons (Fsp3) is 0.0833. The van der Waals surface area contributed by atoms with Crippen molar-refractivity contribution >= 4 is 27.3 Å². The number of aromatic nitrogens is 4. The molecule has 0 fully saturated rings. The summed E-state index contributed by atoms with van der Waals surface area (Å²) in [6.45, 7) is 1.80. The minimum Gasteiger partial charge on any atom is -0.434 e. The minimum atomic E-state index is -0.473. The van der Waals surface area contributed by atoms with Gasteiger partial charge in [-0.15, -0.1) is 10.2 Å². The highest BCUT2D eigenvalue weighted by atomic mass is 79.9. The summed E-state index contributed by atoms with van der Waals surface area (Å²) in [7, 11) is 0. The van der Waals surface area contributed by atoms with Crippen LogP contribution in [0.4, 0.5) is 10.1 Å². The molecular weight excluding hydrogens is 329 g/mol. The highest BCUT2D eigenvalue weighted by Gasteiger charge is 2.13. The van der Waals surface area contributed by atoms with E-state index in [1.54, 1.807) is 23.7 Å². The van der Waals surface area contributed by atoms with Crippen molar-refractivity contribution in [3.05, 3.63) is 40.6 Å². The Hall–Kier alpha value is -2.22. The molecule has 0 amide bonds. The van der Waals surface area contributed by atoms with Crippen molar-refractivity contribution in [1.82, 2.24) is 19.6 Å². The van der Waals surface area contributed by atoms with Gasteiger partial charge in [0.25, 0.3) is 5.88 Å². The fourth-order valence-corrected chi connectivity index (χ4v) is 2.09. The first kappa shape index (κ1) is 12.8. The van der Waals surface area contributed by atoms with Gasteiger partial charge in [0.1, 0.15) is 11.6 Å². The summed E-state index contributed by atoms with van der Waals surface area (Å²) >= 11 is 3.06. The Morgan fingerprint density at radius 3 is 2.95 bits per heavy atom. The first-order valence-corrected chi connectivity index (χ1v) is 6.44. The lowest BCUT2D eigenvalue weighted by molar-refractivity contribution is 0.461. The molecule has 3 aromatic rings. The Labute approximate surface area is 121 Å². The van der Waals surface area contributed by atoms with Crippen LogP contribution in [0.25, 0.3) is 5.65 Å². The number of nitrogen functional groups attached to an aromatic ring is 1. The van der Waals surface area contributed by atoms with Gasteiger partial charge in [-0.25, -0.2) is 9.37 Å². The van der Waals surface area contributed by atoms with Crippen LogP contribution in [0.15, 0.2) is 29.0 Å². The van der Waals surface area contributed by atoms with Crippen LogP contribution in [0.2, 0.25) is 0 Å². The molecule has 0 atom stereocenters. The highest BCUT2D eigenvalue weighted by molar-refractivity contribution is 9.10. The predicted molar refractivity (Wildman–Crippen MR) is 74.1 cm³/mol.